The largest absolute Gasteiger partial charge is 0.423 e. The van der Waals surface area contributed by atoms with Crippen LogP contribution in [0.2, 0.25) is 0 Å². The number of rotatable bonds is 2. The van der Waals surface area contributed by atoms with E-state index in [0.29, 0.717) is 11.5 Å². The van der Waals surface area contributed by atoms with Crippen LogP contribution in [-0.4, -0.2) is 19.4 Å². The van der Waals surface area contributed by atoms with Gasteiger partial charge in [0.15, 0.2) is 11.3 Å². The number of aromatic nitrogens is 4. The summed E-state index contributed by atoms with van der Waals surface area (Å²) in [6, 6.07) is 34.8. The number of benzene rings is 4. The van der Waals surface area contributed by atoms with E-state index in [1.54, 1.807) is 0 Å². The van der Waals surface area contributed by atoms with Crippen LogP contribution in [-0.2, 0) is 5.41 Å². The van der Waals surface area contributed by atoms with Crippen molar-refractivity contribution < 1.29 is 4.42 Å². The first-order chi connectivity index (χ1) is 21.0. The Labute approximate surface area is 246 Å². The summed E-state index contributed by atoms with van der Waals surface area (Å²) in [5.74, 6) is 0.536. The zero-order valence-electron chi connectivity index (χ0n) is 23.5. The third kappa shape index (κ3) is 3.25. The number of hydrogen-bond donors (Lipinski definition) is 0. The van der Waals surface area contributed by atoms with Crippen LogP contribution in [0.15, 0.2) is 108 Å². The van der Waals surface area contributed by atoms with E-state index >= 15 is 0 Å². The predicted molar refractivity (Wildman–Crippen MR) is 170 cm³/mol. The Morgan fingerprint density at radius 2 is 1.51 bits per heavy atom. The Kier molecular flexibility index (Phi) is 4.65. The molecule has 8 aromatic rings. The first-order valence-electron chi connectivity index (χ1n) is 14.2. The third-order valence-corrected chi connectivity index (χ3v) is 8.85. The first kappa shape index (κ1) is 23.9. The van der Waals surface area contributed by atoms with Crippen molar-refractivity contribution >= 4 is 44.6 Å². The summed E-state index contributed by atoms with van der Waals surface area (Å²) < 4.78 is 8.22. The van der Waals surface area contributed by atoms with Gasteiger partial charge in [0.2, 0.25) is 0 Å². The quantitative estimate of drug-likeness (QED) is 0.200. The average Bonchev–Trinajstić information content (AvgIpc) is 3.67. The summed E-state index contributed by atoms with van der Waals surface area (Å²) in [4.78, 5) is 19.0. The van der Waals surface area contributed by atoms with Gasteiger partial charge in [-0.1, -0.05) is 80.6 Å². The molecule has 4 heterocycles. The van der Waals surface area contributed by atoms with Crippen molar-refractivity contribution in [1.29, 1.82) is 0 Å². The van der Waals surface area contributed by atoms with E-state index in [4.69, 9.17) is 25.9 Å². The van der Waals surface area contributed by atoms with Crippen LogP contribution >= 0.6 is 0 Å². The number of nitrogens with zero attached hydrogens (tertiary/aromatic N) is 5. The van der Waals surface area contributed by atoms with Gasteiger partial charge >= 0.3 is 5.84 Å². The predicted octanol–water partition coefficient (Wildman–Crippen LogP) is 9.37. The highest BCUT2D eigenvalue weighted by atomic mass is 16.4. The fraction of sp³-hybridized carbons (Fsp3) is 0.0811. The number of para-hydroxylation sites is 3. The SMILES string of the molecule is [C-]#[N+]c1ccc2c(c1)C(C)(C)c1cc(-c3cccc(-c4nc5ccccc5c5nc6oc7ccccc7n6c45)n3)ccc1-2. The molecule has 0 aliphatic heterocycles. The molecule has 202 valence electrons. The lowest BCUT2D eigenvalue weighted by Crippen LogP contribution is -2.15. The van der Waals surface area contributed by atoms with Gasteiger partial charge in [-0.25, -0.2) is 14.8 Å². The third-order valence-electron chi connectivity index (χ3n) is 8.85. The smallest absolute Gasteiger partial charge is 0.307 e. The van der Waals surface area contributed by atoms with E-state index in [1.807, 2.05) is 66.7 Å². The summed E-state index contributed by atoms with van der Waals surface area (Å²) in [5, 5.41) is 0.974. The van der Waals surface area contributed by atoms with Gasteiger partial charge in [-0.2, -0.15) is 4.98 Å². The Balaban J connectivity index is 1.26. The maximum Gasteiger partial charge on any atom is 0.307 e. The highest BCUT2D eigenvalue weighted by molar-refractivity contribution is 6.09. The average molecular weight is 554 g/mol. The standard InChI is InChI=1S/C37H23N5O/c1-37(2)26-19-21(15-17-23(26)24-18-16-22(38-3)20-27(24)37)28-11-8-12-30(39-28)34-35-33(25-9-4-5-10-29(25)40-34)41-36-42(35)31-13-6-7-14-32(31)43-36/h4-20H,1-2H3. The molecule has 6 heteroatoms. The monoisotopic (exact) mass is 553 g/mol. The van der Waals surface area contributed by atoms with Crippen LogP contribution in [0.4, 0.5) is 5.69 Å². The van der Waals surface area contributed by atoms with Crippen LogP contribution in [0.3, 0.4) is 0 Å². The number of pyridine rings is 2. The van der Waals surface area contributed by atoms with E-state index in [-0.39, 0.29) is 5.41 Å². The topological polar surface area (TPSA) is 60.6 Å². The van der Waals surface area contributed by atoms with Crippen molar-refractivity contribution in [2.45, 2.75) is 19.3 Å². The lowest BCUT2D eigenvalue weighted by Gasteiger charge is -2.22. The number of hydrogen-bond acceptors (Lipinski definition) is 4. The normalized spacial score (nSPS) is 13.5. The Bertz CT molecular complexity index is 2500. The van der Waals surface area contributed by atoms with Crippen LogP contribution in [0.5, 0.6) is 0 Å². The van der Waals surface area contributed by atoms with E-state index in [1.165, 1.54) is 22.3 Å². The molecule has 6 nitrogen and oxygen atoms in total. The number of oxazole rings is 1. The minimum absolute atomic E-state index is 0.226. The molecule has 9 rings (SSSR count). The zero-order chi connectivity index (χ0) is 28.9. The zero-order valence-corrected chi connectivity index (χ0v) is 23.5. The molecule has 0 spiro atoms. The second-order valence-corrected chi connectivity index (χ2v) is 11.6. The van der Waals surface area contributed by atoms with Crippen LogP contribution < -0.4 is 0 Å². The van der Waals surface area contributed by atoms with Gasteiger partial charge in [0.1, 0.15) is 16.7 Å². The summed E-state index contributed by atoms with van der Waals surface area (Å²) >= 11 is 0. The molecular formula is C37H23N5O. The van der Waals surface area contributed by atoms with E-state index < -0.39 is 0 Å². The van der Waals surface area contributed by atoms with Crippen molar-refractivity contribution in [2.75, 3.05) is 0 Å². The van der Waals surface area contributed by atoms with E-state index in [9.17, 15) is 0 Å². The lowest BCUT2D eigenvalue weighted by atomic mass is 9.81. The van der Waals surface area contributed by atoms with Crippen molar-refractivity contribution in [3.05, 3.63) is 126 Å². The molecule has 0 amide bonds. The van der Waals surface area contributed by atoms with Gasteiger partial charge in [-0.05, 0) is 58.7 Å². The van der Waals surface area contributed by atoms with E-state index in [0.717, 1.165) is 55.7 Å². The minimum Gasteiger partial charge on any atom is -0.423 e. The Morgan fingerprint density at radius 3 is 2.40 bits per heavy atom. The molecule has 1 aliphatic carbocycles. The van der Waals surface area contributed by atoms with Gasteiger partial charge in [-0.15, -0.1) is 0 Å². The summed E-state index contributed by atoms with van der Waals surface area (Å²) in [6.07, 6.45) is 0. The molecule has 43 heavy (non-hydrogen) atoms. The van der Waals surface area contributed by atoms with Crippen LogP contribution in [0, 0.1) is 6.57 Å². The van der Waals surface area contributed by atoms with Crippen molar-refractivity contribution in [1.82, 2.24) is 19.4 Å². The minimum atomic E-state index is -0.226. The molecule has 0 N–H and O–H groups in total. The summed E-state index contributed by atoms with van der Waals surface area (Å²) in [5.41, 5.74) is 13.0. The maximum atomic E-state index is 7.49. The van der Waals surface area contributed by atoms with E-state index in [2.05, 4.69) is 59.5 Å². The molecule has 0 radical (unpaired) electrons. The van der Waals surface area contributed by atoms with Gasteiger partial charge in [0, 0.05) is 16.4 Å². The molecule has 0 saturated carbocycles. The lowest BCUT2D eigenvalue weighted by molar-refractivity contribution is 0.643. The highest BCUT2D eigenvalue weighted by Crippen LogP contribution is 2.50. The van der Waals surface area contributed by atoms with Crippen molar-refractivity contribution in [3.8, 4) is 33.8 Å². The second kappa shape index (κ2) is 8.37. The molecule has 1 aliphatic rings. The molecule has 0 saturated heterocycles. The molecule has 0 bridgehead atoms. The fourth-order valence-corrected chi connectivity index (χ4v) is 6.73. The molecule has 0 atom stereocenters. The highest BCUT2D eigenvalue weighted by Gasteiger charge is 2.35. The molecular weight excluding hydrogens is 530 g/mol. The summed E-state index contributed by atoms with van der Waals surface area (Å²) in [6.45, 7) is 12.0. The molecule has 4 aromatic heterocycles. The van der Waals surface area contributed by atoms with Crippen molar-refractivity contribution in [2.24, 2.45) is 0 Å². The van der Waals surface area contributed by atoms with Crippen LogP contribution in [0.25, 0.3) is 77.5 Å². The molecule has 4 aromatic carbocycles. The first-order valence-corrected chi connectivity index (χ1v) is 14.2. The van der Waals surface area contributed by atoms with Crippen molar-refractivity contribution in [3.63, 3.8) is 0 Å². The summed E-state index contributed by atoms with van der Waals surface area (Å²) in [7, 11) is 0. The maximum absolute atomic E-state index is 7.49. The van der Waals surface area contributed by atoms with Crippen LogP contribution in [0.1, 0.15) is 25.0 Å². The van der Waals surface area contributed by atoms with Gasteiger partial charge in [0.05, 0.1) is 29.0 Å². The Morgan fingerprint density at radius 1 is 0.744 bits per heavy atom. The molecule has 0 unspecified atom stereocenters. The second-order valence-electron chi connectivity index (χ2n) is 11.6. The number of fused-ring (bicyclic) bond motifs is 10. The van der Waals surface area contributed by atoms with Gasteiger partial charge in [-0.3, -0.25) is 4.40 Å². The Hall–Kier alpha value is -5.80. The molecule has 0 fully saturated rings. The number of imidazole rings is 1. The van der Waals surface area contributed by atoms with Gasteiger partial charge < -0.3 is 4.42 Å². The fourth-order valence-electron chi connectivity index (χ4n) is 6.73. The van der Waals surface area contributed by atoms with Gasteiger partial charge in [0.25, 0.3) is 0 Å².